The van der Waals surface area contributed by atoms with Crippen LogP contribution in [0.5, 0.6) is 0 Å². The van der Waals surface area contributed by atoms with Crippen LogP contribution in [-0.4, -0.2) is 19.2 Å². The van der Waals surface area contributed by atoms with Crippen LogP contribution >= 0.6 is 0 Å². The second kappa shape index (κ2) is 3.04. The number of morpholine rings is 1. The second-order valence-electron chi connectivity index (χ2n) is 3.86. The van der Waals surface area contributed by atoms with E-state index in [-0.39, 0.29) is 18.0 Å². The molecule has 0 aromatic heterocycles. The van der Waals surface area contributed by atoms with Gasteiger partial charge in [0.2, 0.25) is 0 Å². The van der Waals surface area contributed by atoms with Gasteiger partial charge in [-0.1, -0.05) is 12.1 Å². The normalized spacial score (nSPS) is 29.8. The van der Waals surface area contributed by atoms with Gasteiger partial charge in [0.15, 0.2) is 0 Å². The van der Waals surface area contributed by atoms with Crippen molar-refractivity contribution < 1.29 is 9.13 Å². The topological polar surface area (TPSA) is 21.3 Å². The molecule has 3 rings (SSSR count). The maximum atomic E-state index is 13.4. The van der Waals surface area contributed by atoms with Crippen molar-refractivity contribution in [2.24, 2.45) is 0 Å². The summed E-state index contributed by atoms with van der Waals surface area (Å²) in [5, 5.41) is 3.36. The van der Waals surface area contributed by atoms with E-state index in [0.717, 1.165) is 30.7 Å². The molecule has 0 saturated carbocycles. The molecule has 0 amide bonds. The predicted octanol–water partition coefficient (Wildman–Crippen LogP) is 1.41. The largest absolute Gasteiger partial charge is 0.371 e. The number of ether oxygens (including phenoxy) is 1. The molecule has 1 heterocycles. The van der Waals surface area contributed by atoms with Crippen molar-refractivity contribution in [2.45, 2.75) is 18.6 Å². The lowest BCUT2D eigenvalue weighted by molar-refractivity contribution is 0.00358. The third kappa shape index (κ3) is 1.09. The van der Waals surface area contributed by atoms with Gasteiger partial charge in [-0.3, -0.25) is 0 Å². The Morgan fingerprint density at radius 1 is 1.43 bits per heavy atom. The highest BCUT2D eigenvalue weighted by atomic mass is 19.1. The van der Waals surface area contributed by atoms with Gasteiger partial charge in [-0.25, -0.2) is 4.39 Å². The molecule has 1 N–H and O–H groups in total. The molecule has 0 spiro atoms. The molecule has 1 aromatic carbocycles. The summed E-state index contributed by atoms with van der Waals surface area (Å²) in [5.41, 5.74) is 1.86. The minimum atomic E-state index is -0.0951. The summed E-state index contributed by atoms with van der Waals surface area (Å²) in [6, 6.07) is 5.52. The Bertz CT molecular complexity index is 366. The molecule has 1 aliphatic carbocycles. The Kier molecular flexibility index (Phi) is 1.82. The highest BCUT2D eigenvalue weighted by molar-refractivity contribution is 5.37. The van der Waals surface area contributed by atoms with Crippen LogP contribution in [0.2, 0.25) is 0 Å². The molecule has 1 fully saturated rings. The Morgan fingerprint density at radius 2 is 2.36 bits per heavy atom. The molecule has 1 saturated heterocycles. The van der Waals surface area contributed by atoms with Gasteiger partial charge in [-0.15, -0.1) is 0 Å². The number of rotatable bonds is 0. The van der Waals surface area contributed by atoms with E-state index < -0.39 is 0 Å². The lowest BCUT2D eigenvalue weighted by Gasteiger charge is -2.27. The van der Waals surface area contributed by atoms with Gasteiger partial charge in [-0.2, -0.15) is 0 Å². The van der Waals surface area contributed by atoms with E-state index in [9.17, 15) is 4.39 Å². The highest BCUT2D eigenvalue weighted by Crippen LogP contribution is 2.36. The lowest BCUT2D eigenvalue weighted by atomic mass is 10.1. The molecule has 2 nitrogen and oxygen atoms in total. The van der Waals surface area contributed by atoms with E-state index in [0.29, 0.717) is 0 Å². The van der Waals surface area contributed by atoms with Gasteiger partial charge in [0.1, 0.15) is 5.82 Å². The number of benzene rings is 1. The first-order valence-electron chi connectivity index (χ1n) is 4.98. The summed E-state index contributed by atoms with van der Waals surface area (Å²) in [5.74, 6) is -0.0951. The average molecular weight is 193 g/mol. The zero-order valence-corrected chi connectivity index (χ0v) is 7.79. The van der Waals surface area contributed by atoms with E-state index in [1.807, 2.05) is 6.07 Å². The third-order valence-corrected chi connectivity index (χ3v) is 3.06. The Labute approximate surface area is 82.1 Å². The van der Waals surface area contributed by atoms with Gasteiger partial charge in [0.05, 0.1) is 12.7 Å². The molecule has 1 aromatic rings. The maximum absolute atomic E-state index is 13.4. The molecule has 14 heavy (non-hydrogen) atoms. The van der Waals surface area contributed by atoms with Gasteiger partial charge in [0.25, 0.3) is 0 Å². The smallest absolute Gasteiger partial charge is 0.126 e. The fraction of sp³-hybridized carbons (Fsp3) is 0.455. The van der Waals surface area contributed by atoms with Crippen LogP contribution in [-0.2, 0) is 11.2 Å². The van der Waals surface area contributed by atoms with Crippen molar-refractivity contribution in [3.8, 4) is 0 Å². The first kappa shape index (κ1) is 8.38. The number of hydrogen-bond acceptors (Lipinski definition) is 2. The molecule has 2 unspecified atom stereocenters. The lowest BCUT2D eigenvalue weighted by Crippen LogP contribution is -2.41. The Balaban J connectivity index is 2.05. The fourth-order valence-corrected chi connectivity index (χ4v) is 2.42. The zero-order chi connectivity index (χ0) is 9.54. The molecule has 1 aliphatic heterocycles. The van der Waals surface area contributed by atoms with Gasteiger partial charge < -0.3 is 10.1 Å². The average Bonchev–Trinajstić information content (AvgIpc) is 2.59. The van der Waals surface area contributed by atoms with Crippen LogP contribution in [0.4, 0.5) is 4.39 Å². The molecule has 2 atom stereocenters. The van der Waals surface area contributed by atoms with E-state index in [1.165, 1.54) is 6.07 Å². The number of fused-ring (bicyclic) bond motifs is 3. The molecular weight excluding hydrogens is 181 g/mol. The Morgan fingerprint density at radius 3 is 3.29 bits per heavy atom. The van der Waals surface area contributed by atoms with E-state index in [1.54, 1.807) is 6.07 Å². The fourth-order valence-electron chi connectivity index (χ4n) is 2.42. The third-order valence-electron chi connectivity index (χ3n) is 3.06. The monoisotopic (exact) mass is 193 g/mol. The minimum absolute atomic E-state index is 0.0643. The molecular formula is C11H12FNO. The molecule has 3 heteroatoms. The van der Waals surface area contributed by atoms with Crippen LogP contribution in [0, 0.1) is 5.82 Å². The summed E-state index contributed by atoms with van der Waals surface area (Å²) in [4.78, 5) is 0. The van der Waals surface area contributed by atoms with Crippen molar-refractivity contribution in [1.82, 2.24) is 5.32 Å². The first-order chi connectivity index (χ1) is 6.86. The molecule has 0 radical (unpaired) electrons. The zero-order valence-electron chi connectivity index (χ0n) is 7.79. The number of hydrogen-bond donors (Lipinski definition) is 1. The van der Waals surface area contributed by atoms with Gasteiger partial charge in [0, 0.05) is 12.6 Å². The molecule has 2 aliphatic rings. The highest BCUT2D eigenvalue weighted by Gasteiger charge is 2.36. The van der Waals surface area contributed by atoms with Crippen LogP contribution in [0.3, 0.4) is 0 Å². The second-order valence-corrected chi connectivity index (χ2v) is 3.86. The van der Waals surface area contributed by atoms with E-state index in [2.05, 4.69) is 5.32 Å². The summed E-state index contributed by atoms with van der Waals surface area (Å²) < 4.78 is 19.1. The van der Waals surface area contributed by atoms with Gasteiger partial charge >= 0.3 is 0 Å². The van der Waals surface area contributed by atoms with Crippen LogP contribution in [0.25, 0.3) is 0 Å². The van der Waals surface area contributed by atoms with E-state index >= 15 is 0 Å². The first-order valence-corrected chi connectivity index (χ1v) is 4.98. The quantitative estimate of drug-likeness (QED) is 0.672. The summed E-state index contributed by atoms with van der Waals surface area (Å²) in [7, 11) is 0. The summed E-state index contributed by atoms with van der Waals surface area (Å²) >= 11 is 0. The van der Waals surface area contributed by atoms with Gasteiger partial charge in [-0.05, 0) is 23.6 Å². The minimum Gasteiger partial charge on any atom is -0.371 e. The standard InChI is InChI=1S/C11H12FNO/c12-9-3-1-2-7-8(9)6-10-11(7)14-5-4-13-10/h1-3,10-11,13H,4-6H2. The number of nitrogens with one attached hydrogen (secondary N) is 1. The van der Waals surface area contributed by atoms with Crippen LogP contribution in [0.1, 0.15) is 17.2 Å². The van der Waals surface area contributed by atoms with Crippen molar-refractivity contribution in [3.63, 3.8) is 0 Å². The summed E-state index contributed by atoms with van der Waals surface area (Å²) in [6.07, 6.45) is 0.821. The van der Waals surface area contributed by atoms with Crippen LogP contribution < -0.4 is 5.32 Å². The van der Waals surface area contributed by atoms with Crippen molar-refractivity contribution in [1.29, 1.82) is 0 Å². The van der Waals surface area contributed by atoms with Crippen LogP contribution in [0.15, 0.2) is 18.2 Å². The SMILES string of the molecule is Fc1cccc2c1CC1NCCOC21. The van der Waals surface area contributed by atoms with E-state index in [4.69, 9.17) is 4.74 Å². The van der Waals surface area contributed by atoms with Crippen molar-refractivity contribution in [3.05, 3.63) is 35.1 Å². The van der Waals surface area contributed by atoms with Crippen molar-refractivity contribution >= 4 is 0 Å². The molecule has 0 bridgehead atoms. The summed E-state index contributed by atoms with van der Waals surface area (Å²) in [6.45, 7) is 1.59. The van der Waals surface area contributed by atoms with Crippen molar-refractivity contribution in [2.75, 3.05) is 13.2 Å². The number of halogens is 1. The maximum Gasteiger partial charge on any atom is 0.126 e. The predicted molar refractivity (Wildman–Crippen MR) is 50.6 cm³/mol. The molecule has 74 valence electrons. The Hall–Kier alpha value is -0.930.